The summed E-state index contributed by atoms with van der Waals surface area (Å²) in [5.41, 5.74) is 1.02. The van der Waals surface area contributed by atoms with Gasteiger partial charge < -0.3 is 10.6 Å². The molecule has 1 atom stereocenters. The van der Waals surface area contributed by atoms with E-state index in [0.717, 1.165) is 12.1 Å². The van der Waals surface area contributed by atoms with Gasteiger partial charge in [0, 0.05) is 5.69 Å². The van der Waals surface area contributed by atoms with Gasteiger partial charge in [-0.3, -0.25) is 4.79 Å². The predicted octanol–water partition coefficient (Wildman–Crippen LogP) is 3.56. The molecule has 0 aromatic heterocycles. The number of rotatable bonds is 1. The summed E-state index contributed by atoms with van der Waals surface area (Å²) in [5.74, 6) is -0.255. The highest BCUT2D eigenvalue weighted by atomic mass is 19.4. The molecule has 1 aliphatic heterocycles. The fourth-order valence-electron chi connectivity index (χ4n) is 2.24. The lowest BCUT2D eigenvalue weighted by Gasteiger charge is -2.28. The fourth-order valence-corrected chi connectivity index (χ4v) is 2.24. The third kappa shape index (κ3) is 2.56. The molecular weight excluding hydrogens is 281 g/mol. The van der Waals surface area contributed by atoms with Gasteiger partial charge in [-0.05, 0) is 29.8 Å². The van der Waals surface area contributed by atoms with Crippen LogP contribution >= 0.6 is 0 Å². The van der Waals surface area contributed by atoms with Gasteiger partial charge in [-0.2, -0.15) is 13.2 Å². The van der Waals surface area contributed by atoms with Crippen molar-refractivity contribution in [3.8, 4) is 0 Å². The van der Waals surface area contributed by atoms with Crippen molar-refractivity contribution < 1.29 is 18.0 Å². The molecule has 6 heteroatoms. The summed E-state index contributed by atoms with van der Waals surface area (Å²) >= 11 is 0. The highest BCUT2D eigenvalue weighted by Gasteiger charge is 2.31. The molecule has 2 aromatic carbocycles. The van der Waals surface area contributed by atoms with Gasteiger partial charge in [-0.25, -0.2) is 0 Å². The number of halogens is 3. The lowest BCUT2D eigenvalue weighted by molar-refractivity contribution is -0.137. The summed E-state index contributed by atoms with van der Waals surface area (Å²) < 4.78 is 37.6. The Hall–Kier alpha value is -2.50. The van der Waals surface area contributed by atoms with E-state index in [4.69, 9.17) is 0 Å². The first-order valence-electron chi connectivity index (χ1n) is 6.29. The normalized spacial score (nSPS) is 17.7. The Morgan fingerprint density at radius 2 is 1.57 bits per heavy atom. The van der Waals surface area contributed by atoms with Crippen molar-refractivity contribution in [1.29, 1.82) is 0 Å². The number of alkyl halides is 3. The number of hydrogen-bond donors (Lipinski definition) is 2. The molecule has 1 heterocycles. The molecule has 0 saturated carbocycles. The van der Waals surface area contributed by atoms with Crippen molar-refractivity contribution in [2.75, 3.05) is 5.32 Å². The maximum atomic E-state index is 12.5. The third-order valence-corrected chi connectivity index (χ3v) is 3.32. The van der Waals surface area contributed by atoms with Crippen LogP contribution in [-0.2, 0) is 6.18 Å². The van der Waals surface area contributed by atoms with Gasteiger partial charge in [0.05, 0.1) is 11.1 Å². The quantitative estimate of drug-likeness (QED) is 0.844. The molecule has 2 aromatic rings. The zero-order valence-electron chi connectivity index (χ0n) is 10.7. The molecule has 0 aliphatic carbocycles. The van der Waals surface area contributed by atoms with E-state index in [9.17, 15) is 18.0 Å². The van der Waals surface area contributed by atoms with Gasteiger partial charge in [0.25, 0.3) is 5.91 Å². The zero-order chi connectivity index (χ0) is 15.0. The molecule has 0 saturated heterocycles. The smallest absolute Gasteiger partial charge is 0.361 e. The van der Waals surface area contributed by atoms with Crippen LogP contribution in [0.1, 0.15) is 27.7 Å². The van der Waals surface area contributed by atoms with Crippen molar-refractivity contribution >= 4 is 11.6 Å². The Balaban J connectivity index is 1.88. The second kappa shape index (κ2) is 4.80. The molecule has 0 radical (unpaired) electrons. The topological polar surface area (TPSA) is 41.1 Å². The summed E-state index contributed by atoms with van der Waals surface area (Å²) in [5, 5.41) is 5.80. The molecule has 3 nitrogen and oxygen atoms in total. The first-order valence-corrected chi connectivity index (χ1v) is 6.29. The molecule has 21 heavy (non-hydrogen) atoms. The first-order chi connectivity index (χ1) is 9.95. The Morgan fingerprint density at radius 3 is 2.24 bits per heavy atom. The number of hydrogen-bond acceptors (Lipinski definition) is 2. The van der Waals surface area contributed by atoms with Gasteiger partial charge in [-0.1, -0.05) is 24.3 Å². The number of carbonyl (C=O) groups excluding carboxylic acids is 1. The fraction of sp³-hybridized carbons (Fsp3) is 0.133. The molecular formula is C15H11F3N2O. The summed E-state index contributed by atoms with van der Waals surface area (Å²) in [7, 11) is 0. The molecule has 0 fully saturated rings. The van der Waals surface area contributed by atoms with E-state index in [1.165, 1.54) is 12.1 Å². The van der Waals surface area contributed by atoms with Gasteiger partial charge in [0.15, 0.2) is 0 Å². The Labute approximate surface area is 118 Å². The van der Waals surface area contributed by atoms with Crippen LogP contribution in [0, 0.1) is 0 Å². The number of para-hydroxylation sites is 1. The van der Waals surface area contributed by atoms with E-state index in [0.29, 0.717) is 16.8 Å². The summed E-state index contributed by atoms with van der Waals surface area (Å²) in [6.45, 7) is 0. The minimum Gasteiger partial charge on any atom is -0.361 e. The molecule has 0 spiro atoms. The average Bonchev–Trinajstić information content (AvgIpc) is 2.46. The van der Waals surface area contributed by atoms with Crippen molar-refractivity contribution in [3.63, 3.8) is 0 Å². The van der Waals surface area contributed by atoms with E-state index in [2.05, 4.69) is 10.6 Å². The maximum absolute atomic E-state index is 12.5. The minimum atomic E-state index is -4.37. The van der Waals surface area contributed by atoms with Crippen molar-refractivity contribution in [1.82, 2.24) is 5.32 Å². The van der Waals surface area contributed by atoms with Gasteiger partial charge in [0.1, 0.15) is 6.17 Å². The lowest BCUT2D eigenvalue weighted by Crippen LogP contribution is -2.38. The van der Waals surface area contributed by atoms with Crippen LogP contribution in [-0.4, -0.2) is 5.91 Å². The second-order valence-corrected chi connectivity index (χ2v) is 4.72. The van der Waals surface area contributed by atoms with Crippen molar-refractivity contribution in [3.05, 3.63) is 65.2 Å². The van der Waals surface area contributed by atoms with Gasteiger partial charge in [-0.15, -0.1) is 0 Å². The monoisotopic (exact) mass is 292 g/mol. The first kappa shape index (κ1) is 13.5. The summed E-state index contributed by atoms with van der Waals surface area (Å²) in [6, 6.07) is 11.7. The molecule has 2 N–H and O–H groups in total. The van der Waals surface area contributed by atoms with E-state index in [1.54, 1.807) is 24.3 Å². The van der Waals surface area contributed by atoms with Crippen LogP contribution in [0.5, 0.6) is 0 Å². The largest absolute Gasteiger partial charge is 0.416 e. The van der Waals surface area contributed by atoms with Crippen LogP contribution in [0.25, 0.3) is 0 Å². The third-order valence-electron chi connectivity index (χ3n) is 3.32. The number of nitrogens with one attached hydrogen (secondary N) is 2. The van der Waals surface area contributed by atoms with E-state index < -0.39 is 17.9 Å². The van der Waals surface area contributed by atoms with Crippen LogP contribution in [0.4, 0.5) is 18.9 Å². The SMILES string of the molecule is O=C1N[C@@H](c2ccc(C(F)(F)F)cc2)Nc2ccccc21. The van der Waals surface area contributed by atoms with Gasteiger partial charge >= 0.3 is 6.18 Å². The molecule has 0 bridgehead atoms. The van der Waals surface area contributed by atoms with Crippen LogP contribution in [0.2, 0.25) is 0 Å². The zero-order valence-corrected chi connectivity index (χ0v) is 10.7. The Morgan fingerprint density at radius 1 is 0.905 bits per heavy atom. The number of carbonyl (C=O) groups is 1. The van der Waals surface area contributed by atoms with E-state index in [-0.39, 0.29) is 5.91 Å². The molecule has 0 unspecified atom stereocenters. The van der Waals surface area contributed by atoms with E-state index in [1.807, 2.05) is 0 Å². The highest BCUT2D eigenvalue weighted by Crippen LogP contribution is 2.31. The number of amides is 1. The number of benzene rings is 2. The van der Waals surface area contributed by atoms with Gasteiger partial charge in [0.2, 0.25) is 0 Å². The predicted molar refractivity (Wildman–Crippen MR) is 71.7 cm³/mol. The van der Waals surface area contributed by atoms with Crippen LogP contribution in [0.3, 0.4) is 0 Å². The summed E-state index contributed by atoms with van der Waals surface area (Å²) in [6.07, 6.45) is -4.91. The number of fused-ring (bicyclic) bond motifs is 1. The molecule has 3 rings (SSSR count). The van der Waals surface area contributed by atoms with E-state index >= 15 is 0 Å². The van der Waals surface area contributed by atoms with Crippen LogP contribution in [0.15, 0.2) is 48.5 Å². The Bertz CT molecular complexity index is 680. The number of anilines is 1. The van der Waals surface area contributed by atoms with Crippen LogP contribution < -0.4 is 10.6 Å². The standard InChI is InChI=1S/C15H11F3N2O/c16-15(17,18)10-7-5-9(6-8-10)13-19-12-4-2-1-3-11(12)14(21)20-13/h1-8,13,19H,(H,20,21)/t13-/m0/s1. The molecule has 1 aliphatic rings. The molecule has 1 amide bonds. The second-order valence-electron chi connectivity index (χ2n) is 4.72. The highest BCUT2D eigenvalue weighted by molar-refractivity contribution is 6.01. The maximum Gasteiger partial charge on any atom is 0.416 e. The average molecular weight is 292 g/mol. The minimum absolute atomic E-state index is 0.255. The van der Waals surface area contributed by atoms with Crippen molar-refractivity contribution in [2.24, 2.45) is 0 Å². The Kier molecular flexibility index (Phi) is 3.08. The lowest BCUT2D eigenvalue weighted by atomic mass is 10.0. The molecule has 108 valence electrons. The summed E-state index contributed by atoms with van der Waals surface area (Å²) in [4.78, 5) is 12.0. The van der Waals surface area contributed by atoms with Crippen molar-refractivity contribution in [2.45, 2.75) is 12.3 Å².